The number of aliphatic hydroxyl groups excluding tert-OH is 1. The Labute approximate surface area is 151 Å². The summed E-state index contributed by atoms with van der Waals surface area (Å²) in [5.41, 5.74) is 2.37. The van der Waals surface area contributed by atoms with E-state index in [-0.39, 0.29) is 17.8 Å². The molecule has 2 aromatic carbocycles. The van der Waals surface area contributed by atoms with Crippen molar-refractivity contribution in [1.82, 2.24) is 0 Å². The van der Waals surface area contributed by atoms with Crippen molar-refractivity contribution in [2.24, 2.45) is 0 Å². The van der Waals surface area contributed by atoms with Crippen LogP contribution in [0.25, 0.3) is 0 Å². The average molecular weight is 356 g/mol. The molecule has 0 spiro atoms. The monoisotopic (exact) mass is 356 g/mol. The first-order valence-corrected chi connectivity index (χ1v) is 8.88. The van der Waals surface area contributed by atoms with Crippen LogP contribution < -0.4 is 15.0 Å². The lowest BCUT2D eigenvalue weighted by Gasteiger charge is -2.32. The van der Waals surface area contributed by atoms with Gasteiger partial charge in [0.05, 0.1) is 17.5 Å². The SMILES string of the molecule is O=C(Nc1ccccc1N1CCC(O)CC1)C1Cc2cc(F)ccc2O1. The van der Waals surface area contributed by atoms with Crippen LogP contribution in [0.4, 0.5) is 15.8 Å². The molecule has 1 fully saturated rings. The Balaban J connectivity index is 1.47. The summed E-state index contributed by atoms with van der Waals surface area (Å²) in [6, 6.07) is 11.9. The number of fused-ring (bicyclic) bond motifs is 1. The van der Waals surface area contributed by atoms with Crippen molar-refractivity contribution in [3.05, 3.63) is 53.8 Å². The van der Waals surface area contributed by atoms with Gasteiger partial charge in [-0.25, -0.2) is 4.39 Å². The maximum absolute atomic E-state index is 13.3. The van der Waals surface area contributed by atoms with Gasteiger partial charge in [0.1, 0.15) is 11.6 Å². The lowest BCUT2D eigenvalue weighted by molar-refractivity contribution is -0.122. The van der Waals surface area contributed by atoms with E-state index in [0.29, 0.717) is 17.7 Å². The summed E-state index contributed by atoms with van der Waals surface area (Å²) in [7, 11) is 0. The molecule has 0 bridgehead atoms. The van der Waals surface area contributed by atoms with E-state index in [4.69, 9.17) is 4.74 Å². The highest BCUT2D eigenvalue weighted by atomic mass is 19.1. The Bertz CT molecular complexity index is 818. The van der Waals surface area contributed by atoms with Crippen LogP contribution in [-0.4, -0.2) is 36.3 Å². The Kier molecular flexibility index (Phi) is 4.51. The van der Waals surface area contributed by atoms with Crippen LogP contribution in [0.5, 0.6) is 5.75 Å². The van der Waals surface area contributed by atoms with Gasteiger partial charge in [-0.05, 0) is 43.2 Å². The molecule has 4 rings (SSSR count). The molecule has 0 saturated carbocycles. The number of hydrogen-bond acceptors (Lipinski definition) is 4. The molecule has 6 heteroatoms. The van der Waals surface area contributed by atoms with Gasteiger partial charge >= 0.3 is 0 Å². The molecule has 0 aromatic heterocycles. The third-order valence-corrected chi connectivity index (χ3v) is 4.96. The summed E-state index contributed by atoms with van der Waals surface area (Å²) in [5, 5.41) is 12.6. The van der Waals surface area contributed by atoms with E-state index < -0.39 is 6.10 Å². The summed E-state index contributed by atoms with van der Waals surface area (Å²) in [6.07, 6.45) is 0.877. The van der Waals surface area contributed by atoms with Crippen LogP contribution in [0.2, 0.25) is 0 Å². The van der Waals surface area contributed by atoms with Gasteiger partial charge in [0.15, 0.2) is 6.10 Å². The van der Waals surface area contributed by atoms with Crippen molar-refractivity contribution in [1.29, 1.82) is 0 Å². The molecule has 5 nitrogen and oxygen atoms in total. The Morgan fingerprint density at radius 3 is 2.77 bits per heavy atom. The lowest BCUT2D eigenvalue weighted by atomic mass is 10.1. The topological polar surface area (TPSA) is 61.8 Å². The zero-order valence-corrected chi connectivity index (χ0v) is 14.3. The van der Waals surface area contributed by atoms with Gasteiger partial charge in [-0.2, -0.15) is 0 Å². The van der Waals surface area contributed by atoms with Crippen LogP contribution in [-0.2, 0) is 11.2 Å². The summed E-state index contributed by atoms with van der Waals surface area (Å²) >= 11 is 0. The molecular formula is C20H21FN2O3. The largest absolute Gasteiger partial charge is 0.480 e. The van der Waals surface area contributed by atoms with E-state index in [1.807, 2.05) is 24.3 Å². The number of carbonyl (C=O) groups excluding carboxylic acids is 1. The van der Waals surface area contributed by atoms with Gasteiger partial charge in [0.25, 0.3) is 5.91 Å². The molecule has 2 aliphatic heterocycles. The number of aliphatic hydroxyl groups is 1. The maximum atomic E-state index is 13.3. The number of carbonyl (C=O) groups is 1. The Hall–Kier alpha value is -2.60. The molecule has 2 N–H and O–H groups in total. The predicted molar refractivity (Wildman–Crippen MR) is 97.0 cm³/mol. The molecule has 1 saturated heterocycles. The van der Waals surface area contributed by atoms with Gasteiger partial charge in [0.2, 0.25) is 0 Å². The summed E-state index contributed by atoms with van der Waals surface area (Å²) in [5.74, 6) is -0.0120. The zero-order valence-electron chi connectivity index (χ0n) is 14.3. The quantitative estimate of drug-likeness (QED) is 0.888. The number of halogens is 1. The normalized spacial score (nSPS) is 19.8. The number of amides is 1. The number of nitrogens with one attached hydrogen (secondary N) is 1. The van der Waals surface area contributed by atoms with E-state index in [9.17, 15) is 14.3 Å². The molecular weight excluding hydrogens is 335 g/mol. The number of nitrogens with zero attached hydrogens (tertiary/aromatic N) is 1. The second kappa shape index (κ2) is 6.96. The molecule has 26 heavy (non-hydrogen) atoms. The van der Waals surface area contributed by atoms with Crippen LogP contribution in [0.3, 0.4) is 0 Å². The molecule has 1 amide bonds. The minimum absolute atomic E-state index is 0.244. The van der Waals surface area contributed by atoms with E-state index in [1.54, 1.807) is 6.07 Å². The molecule has 136 valence electrons. The molecule has 0 radical (unpaired) electrons. The van der Waals surface area contributed by atoms with Gasteiger partial charge in [-0.15, -0.1) is 0 Å². The first-order valence-electron chi connectivity index (χ1n) is 8.88. The lowest BCUT2D eigenvalue weighted by Crippen LogP contribution is -2.37. The third kappa shape index (κ3) is 3.37. The number of ether oxygens (including phenoxy) is 1. The standard InChI is InChI=1S/C20H21FN2O3/c21-14-5-6-18-13(11-14)12-19(26-18)20(25)22-16-3-1-2-4-17(16)23-9-7-15(24)8-10-23/h1-6,11,15,19,24H,7-10,12H2,(H,22,25). The van der Waals surface area contributed by atoms with Crippen LogP contribution in [0.15, 0.2) is 42.5 Å². The van der Waals surface area contributed by atoms with Gasteiger partial charge < -0.3 is 20.1 Å². The fourth-order valence-corrected chi connectivity index (χ4v) is 3.54. The van der Waals surface area contributed by atoms with E-state index >= 15 is 0 Å². The van der Waals surface area contributed by atoms with Crippen molar-refractivity contribution in [2.45, 2.75) is 31.5 Å². The van der Waals surface area contributed by atoms with E-state index in [0.717, 1.165) is 37.3 Å². The highest BCUT2D eigenvalue weighted by Crippen LogP contribution is 2.32. The molecule has 2 heterocycles. The third-order valence-electron chi connectivity index (χ3n) is 4.96. The van der Waals surface area contributed by atoms with E-state index in [2.05, 4.69) is 10.2 Å². The second-order valence-electron chi connectivity index (χ2n) is 6.79. The summed E-state index contributed by atoms with van der Waals surface area (Å²) < 4.78 is 19.0. The van der Waals surface area contributed by atoms with Gasteiger partial charge in [0, 0.05) is 25.1 Å². The zero-order chi connectivity index (χ0) is 18.1. The number of para-hydroxylation sites is 2. The van der Waals surface area contributed by atoms with Crippen LogP contribution in [0.1, 0.15) is 18.4 Å². The minimum atomic E-state index is -0.664. The fourth-order valence-electron chi connectivity index (χ4n) is 3.54. The second-order valence-corrected chi connectivity index (χ2v) is 6.79. The minimum Gasteiger partial charge on any atom is -0.480 e. The first-order chi connectivity index (χ1) is 12.6. The number of anilines is 2. The van der Waals surface area contributed by atoms with Crippen molar-refractivity contribution >= 4 is 17.3 Å². The maximum Gasteiger partial charge on any atom is 0.265 e. The Morgan fingerprint density at radius 1 is 1.19 bits per heavy atom. The predicted octanol–water partition coefficient (Wildman–Crippen LogP) is 2.73. The molecule has 1 unspecified atom stereocenters. The van der Waals surface area contributed by atoms with Crippen molar-refractivity contribution in [3.8, 4) is 5.75 Å². The van der Waals surface area contributed by atoms with Crippen LogP contribution in [0, 0.1) is 5.82 Å². The van der Waals surface area contributed by atoms with Crippen molar-refractivity contribution in [2.75, 3.05) is 23.3 Å². The fraction of sp³-hybridized carbons (Fsp3) is 0.350. The molecule has 2 aliphatic rings. The van der Waals surface area contributed by atoms with E-state index in [1.165, 1.54) is 12.1 Å². The molecule has 0 aliphatic carbocycles. The summed E-state index contributed by atoms with van der Waals surface area (Å²) in [6.45, 7) is 1.50. The number of rotatable bonds is 3. The number of hydrogen-bond donors (Lipinski definition) is 2. The first kappa shape index (κ1) is 16.8. The molecule has 1 atom stereocenters. The number of benzene rings is 2. The van der Waals surface area contributed by atoms with Crippen molar-refractivity contribution < 1.29 is 19.0 Å². The average Bonchev–Trinajstić information content (AvgIpc) is 3.06. The highest BCUT2D eigenvalue weighted by molar-refractivity contribution is 5.98. The van der Waals surface area contributed by atoms with Gasteiger partial charge in [-0.1, -0.05) is 12.1 Å². The van der Waals surface area contributed by atoms with Crippen LogP contribution >= 0.6 is 0 Å². The Morgan fingerprint density at radius 2 is 1.96 bits per heavy atom. The van der Waals surface area contributed by atoms with Gasteiger partial charge in [-0.3, -0.25) is 4.79 Å². The van der Waals surface area contributed by atoms with Crippen molar-refractivity contribution in [3.63, 3.8) is 0 Å². The molecule has 2 aromatic rings. The number of piperidine rings is 1. The smallest absolute Gasteiger partial charge is 0.265 e. The highest BCUT2D eigenvalue weighted by Gasteiger charge is 2.30. The summed E-state index contributed by atoms with van der Waals surface area (Å²) in [4.78, 5) is 14.8.